The number of halogens is 1. The lowest BCUT2D eigenvalue weighted by Crippen LogP contribution is -2.56. The van der Waals surface area contributed by atoms with Crippen LogP contribution in [-0.4, -0.2) is 54.0 Å². The first-order valence-corrected chi connectivity index (χ1v) is 12.7. The molecule has 2 aromatic rings. The van der Waals surface area contributed by atoms with Crippen LogP contribution < -0.4 is 5.32 Å². The zero-order valence-corrected chi connectivity index (χ0v) is 20.4. The van der Waals surface area contributed by atoms with Gasteiger partial charge >= 0.3 is 0 Å². The molecular weight excluding hydrogens is 425 g/mol. The lowest BCUT2D eigenvalue weighted by Gasteiger charge is -2.41. The molecule has 34 heavy (non-hydrogen) atoms. The van der Waals surface area contributed by atoms with Gasteiger partial charge in [0.05, 0.1) is 12.1 Å². The van der Waals surface area contributed by atoms with Crippen LogP contribution in [0.1, 0.15) is 56.2 Å². The van der Waals surface area contributed by atoms with E-state index in [0.29, 0.717) is 19.1 Å². The summed E-state index contributed by atoms with van der Waals surface area (Å²) in [6, 6.07) is 17.3. The highest BCUT2D eigenvalue weighted by Crippen LogP contribution is 2.29. The van der Waals surface area contributed by atoms with Gasteiger partial charge in [0.25, 0.3) is 0 Å². The van der Waals surface area contributed by atoms with Crippen LogP contribution in [0.5, 0.6) is 0 Å². The summed E-state index contributed by atoms with van der Waals surface area (Å²) < 4.78 is 13.4. The summed E-state index contributed by atoms with van der Waals surface area (Å²) in [6.07, 6.45) is 6.83. The molecule has 5 heteroatoms. The highest BCUT2D eigenvalue weighted by atomic mass is 19.1. The third-order valence-corrected chi connectivity index (χ3v) is 7.27. The Morgan fingerprint density at radius 1 is 1.00 bits per heavy atom. The zero-order chi connectivity index (χ0) is 23.9. The van der Waals surface area contributed by atoms with Crippen molar-refractivity contribution in [2.45, 2.75) is 63.6 Å². The summed E-state index contributed by atoms with van der Waals surface area (Å²) in [6.45, 7) is 9.17. The van der Waals surface area contributed by atoms with Gasteiger partial charge in [0, 0.05) is 32.2 Å². The second-order valence-electron chi connectivity index (χ2n) is 9.91. The molecule has 1 amide bonds. The van der Waals surface area contributed by atoms with Gasteiger partial charge in [-0.15, -0.1) is 0 Å². The number of rotatable bonds is 8. The molecular formula is C29H38FN3O. The molecule has 1 saturated carbocycles. The molecule has 4 nitrogen and oxygen atoms in total. The van der Waals surface area contributed by atoms with Crippen molar-refractivity contribution in [2.75, 3.05) is 26.2 Å². The first kappa shape index (κ1) is 24.6. The van der Waals surface area contributed by atoms with E-state index in [1.165, 1.54) is 37.0 Å². The highest BCUT2D eigenvalue weighted by molar-refractivity contribution is 5.82. The number of amides is 1. The van der Waals surface area contributed by atoms with Crippen LogP contribution >= 0.6 is 0 Å². The van der Waals surface area contributed by atoms with Crippen LogP contribution in [0.15, 0.2) is 66.7 Å². The van der Waals surface area contributed by atoms with Gasteiger partial charge < -0.3 is 10.2 Å². The molecule has 1 aliphatic heterocycles. The summed E-state index contributed by atoms with van der Waals surface area (Å²) >= 11 is 0. The van der Waals surface area contributed by atoms with Crippen molar-refractivity contribution in [3.63, 3.8) is 0 Å². The number of hydrogen-bond acceptors (Lipinski definition) is 3. The fourth-order valence-electron chi connectivity index (χ4n) is 5.49. The Labute approximate surface area is 203 Å². The van der Waals surface area contributed by atoms with Gasteiger partial charge in [-0.25, -0.2) is 4.39 Å². The third-order valence-electron chi connectivity index (χ3n) is 7.27. The molecule has 2 aliphatic rings. The van der Waals surface area contributed by atoms with Crippen molar-refractivity contribution in [3.8, 4) is 0 Å². The van der Waals surface area contributed by atoms with Gasteiger partial charge in [-0.05, 0) is 49.4 Å². The van der Waals surface area contributed by atoms with Crippen molar-refractivity contribution in [3.05, 3.63) is 83.7 Å². The molecule has 1 saturated heterocycles. The predicted molar refractivity (Wildman–Crippen MR) is 136 cm³/mol. The molecule has 4 rings (SSSR count). The lowest BCUT2D eigenvalue weighted by atomic mass is 9.93. The average molecular weight is 464 g/mol. The number of benzene rings is 2. The van der Waals surface area contributed by atoms with Crippen LogP contribution in [0, 0.1) is 5.82 Å². The summed E-state index contributed by atoms with van der Waals surface area (Å²) in [7, 11) is 0. The Morgan fingerprint density at radius 2 is 1.65 bits per heavy atom. The Bertz CT molecular complexity index is 932. The molecule has 2 aromatic carbocycles. The number of nitrogens with one attached hydrogen (secondary N) is 1. The molecule has 182 valence electrons. The Hall–Kier alpha value is -2.50. The topological polar surface area (TPSA) is 35.6 Å². The Kier molecular flexibility index (Phi) is 8.52. The fourth-order valence-corrected chi connectivity index (χ4v) is 5.49. The molecule has 1 heterocycles. The summed E-state index contributed by atoms with van der Waals surface area (Å²) in [4.78, 5) is 18.1. The van der Waals surface area contributed by atoms with E-state index in [-0.39, 0.29) is 23.8 Å². The van der Waals surface area contributed by atoms with E-state index in [1.807, 2.05) is 42.2 Å². The zero-order valence-electron chi connectivity index (χ0n) is 20.4. The van der Waals surface area contributed by atoms with E-state index in [0.717, 1.165) is 43.5 Å². The first-order chi connectivity index (χ1) is 16.5. The van der Waals surface area contributed by atoms with E-state index >= 15 is 0 Å². The van der Waals surface area contributed by atoms with Crippen molar-refractivity contribution in [1.82, 2.24) is 15.1 Å². The van der Waals surface area contributed by atoms with Crippen molar-refractivity contribution < 1.29 is 9.18 Å². The molecule has 1 N–H and O–H groups in total. The molecule has 1 unspecified atom stereocenters. The second-order valence-corrected chi connectivity index (χ2v) is 9.91. The number of piperazine rings is 1. The van der Waals surface area contributed by atoms with E-state index in [9.17, 15) is 9.18 Å². The predicted octanol–water partition coefficient (Wildman–Crippen LogP) is 5.12. The van der Waals surface area contributed by atoms with E-state index < -0.39 is 0 Å². The van der Waals surface area contributed by atoms with Crippen LogP contribution in [0.3, 0.4) is 0 Å². The third kappa shape index (κ3) is 6.34. The second kappa shape index (κ2) is 11.8. The standard InChI is InChI=1S/C29H38FN3O/c1-22(2)28(24-13-15-25(30)16-14-24)32-17-19-33(20-18-32)29(34)27(21-23-9-5-3-6-10-23)31-26-11-7-4-8-12-26/h3,5-6,9-10,13-16,26-28,31H,1,4,7-8,11-12,17-21H2,2H3/t27-,28?/m0/s1. The van der Waals surface area contributed by atoms with Crippen LogP contribution in [-0.2, 0) is 11.2 Å². The minimum absolute atomic E-state index is 0.0401. The minimum Gasteiger partial charge on any atom is -0.339 e. The minimum atomic E-state index is -0.227. The van der Waals surface area contributed by atoms with Gasteiger partial charge in [-0.2, -0.15) is 0 Å². The largest absolute Gasteiger partial charge is 0.339 e. The molecule has 0 aromatic heterocycles. The molecule has 2 atom stereocenters. The Balaban J connectivity index is 1.42. The molecule has 0 spiro atoms. The summed E-state index contributed by atoms with van der Waals surface area (Å²) in [5.74, 6) is -0.0164. The quantitative estimate of drug-likeness (QED) is 0.552. The number of carbonyl (C=O) groups is 1. The maximum atomic E-state index is 13.7. The first-order valence-electron chi connectivity index (χ1n) is 12.7. The summed E-state index contributed by atoms with van der Waals surface area (Å²) in [5, 5.41) is 3.73. The van der Waals surface area contributed by atoms with Gasteiger partial charge in [-0.3, -0.25) is 9.69 Å². The van der Waals surface area contributed by atoms with Gasteiger partial charge in [0.1, 0.15) is 5.82 Å². The molecule has 0 bridgehead atoms. The maximum absolute atomic E-state index is 13.7. The highest BCUT2D eigenvalue weighted by Gasteiger charge is 2.32. The maximum Gasteiger partial charge on any atom is 0.240 e. The van der Waals surface area contributed by atoms with Gasteiger partial charge in [-0.1, -0.05) is 73.9 Å². The van der Waals surface area contributed by atoms with Crippen molar-refractivity contribution in [1.29, 1.82) is 0 Å². The Morgan fingerprint density at radius 3 is 2.26 bits per heavy atom. The lowest BCUT2D eigenvalue weighted by molar-refractivity contribution is -0.135. The monoisotopic (exact) mass is 463 g/mol. The molecule has 2 fully saturated rings. The van der Waals surface area contributed by atoms with Crippen molar-refractivity contribution in [2.24, 2.45) is 0 Å². The SMILES string of the molecule is C=C(C)C(c1ccc(F)cc1)N1CCN(C(=O)[C@H](Cc2ccccc2)NC2CCCCC2)CC1. The molecule has 0 radical (unpaired) electrons. The number of hydrogen-bond donors (Lipinski definition) is 1. The van der Waals surface area contributed by atoms with Gasteiger partial charge in [0.2, 0.25) is 5.91 Å². The number of carbonyl (C=O) groups excluding carboxylic acids is 1. The summed E-state index contributed by atoms with van der Waals surface area (Å²) in [5.41, 5.74) is 3.28. The van der Waals surface area contributed by atoms with Crippen LogP contribution in [0.25, 0.3) is 0 Å². The average Bonchev–Trinajstić information content (AvgIpc) is 2.86. The smallest absolute Gasteiger partial charge is 0.240 e. The van der Waals surface area contributed by atoms with E-state index in [1.54, 1.807) is 0 Å². The van der Waals surface area contributed by atoms with Crippen molar-refractivity contribution >= 4 is 5.91 Å². The van der Waals surface area contributed by atoms with E-state index in [2.05, 4.69) is 28.9 Å². The normalized spacial score (nSPS) is 19.5. The fraction of sp³-hybridized carbons (Fsp3) is 0.483. The number of nitrogens with zero attached hydrogens (tertiary/aromatic N) is 2. The van der Waals surface area contributed by atoms with Crippen LogP contribution in [0.4, 0.5) is 4.39 Å². The van der Waals surface area contributed by atoms with Gasteiger partial charge in [0.15, 0.2) is 0 Å². The van der Waals surface area contributed by atoms with Crippen LogP contribution in [0.2, 0.25) is 0 Å². The van der Waals surface area contributed by atoms with E-state index in [4.69, 9.17) is 0 Å². The molecule has 1 aliphatic carbocycles.